The number of halogens is 3. The molecule has 0 heterocycles. The summed E-state index contributed by atoms with van der Waals surface area (Å²) in [5.41, 5.74) is -0.475. The first-order chi connectivity index (χ1) is 13.3. The largest absolute Gasteiger partial charge is 0.478 e. The second kappa shape index (κ2) is 7.56. The van der Waals surface area contributed by atoms with E-state index in [1.165, 1.54) is 23.1 Å². The molecule has 1 amide bonds. The molecule has 0 aliphatic carbocycles. The summed E-state index contributed by atoms with van der Waals surface area (Å²) in [5.74, 6) is -1.87. The third kappa shape index (κ3) is 3.88. The van der Waals surface area contributed by atoms with Crippen LogP contribution in [0.25, 0.3) is 0 Å². The van der Waals surface area contributed by atoms with Gasteiger partial charge in [-0.05, 0) is 48.5 Å². The molecule has 0 radical (unpaired) electrons. The van der Waals surface area contributed by atoms with E-state index in [4.69, 9.17) is 0 Å². The predicted molar refractivity (Wildman–Crippen MR) is 97.8 cm³/mol. The highest BCUT2D eigenvalue weighted by atomic mass is 19.4. The molecule has 3 aromatic carbocycles. The molecule has 0 bridgehead atoms. The summed E-state index contributed by atoms with van der Waals surface area (Å²) >= 11 is 0. The number of carboxylic acid groups (broad SMARTS) is 1. The molecular formula is C21H14F3NO3. The Morgan fingerprint density at radius 1 is 0.786 bits per heavy atom. The Balaban J connectivity index is 2.11. The van der Waals surface area contributed by atoms with Crippen LogP contribution < -0.4 is 4.90 Å². The van der Waals surface area contributed by atoms with Gasteiger partial charge < -0.3 is 5.11 Å². The van der Waals surface area contributed by atoms with Crippen molar-refractivity contribution in [2.45, 2.75) is 6.18 Å². The van der Waals surface area contributed by atoms with Gasteiger partial charge in [0.15, 0.2) is 0 Å². The lowest BCUT2D eigenvalue weighted by atomic mass is 10.1. The van der Waals surface area contributed by atoms with Crippen molar-refractivity contribution in [3.05, 3.63) is 95.6 Å². The van der Waals surface area contributed by atoms with Gasteiger partial charge in [-0.3, -0.25) is 9.69 Å². The molecule has 0 saturated carbocycles. The van der Waals surface area contributed by atoms with Crippen LogP contribution in [0.4, 0.5) is 24.5 Å². The third-order valence-electron chi connectivity index (χ3n) is 4.05. The van der Waals surface area contributed by atoms with Crippen LogP contribution in [0.5, 0.6) is 0 Å². The molecular weight excluding hydrogens is 371 g/mol. The SMILES string of the molecule is O=C(O)c1ccccc1N(C(=O)c1ccc(C(F)(F)F)cc1)c1ccccc1. The summed E-state index contributed by atoms with van der Waals surface area (Å²) in [4.78, 5) is 25.9. The summed E-state index contributed by atoms with van der Waals surface area (Å²) in [7, 11) is 0. The van der Waals surface area contributed by atoms with Crippen LogP contribution in [-0.2, 0) is 6.18 Å². The van der Waals surface area contributed by atoms with Crippen LogP contribution >= 0.6 is 0 Å². The zero-order valence-corrected chi connectivity index (χ0v) is 14.4. The van der Waals surface area contributed by atoms with Gasteiger partial charge in [-0.2, -0.15) is 13.2 Å². The molecule has 0 spiro atoms. The Bertz CT molecular complexity index is 999. The van der Waals surface area contributed by atoms with Crippen molar-refractivity contribution in [3.63, 3.8) is 0 Å². The van der Waals surface area contributed by atoms with E-state index in [1.807, 2.05) is 0 Å². The number of anilines is 2. The summed E-state index contributed by atoms with van der Waals surface area (Å²) in [6, 6.07) is 18.0. The van der Waals surface area contributed by atoms with Crippen LogP contribution in [0.1, 0.15) is 26.3 Å². The number of hydrogen-bond acceptors (Lipinski definition) is 2. The van der Waals surface area contributed by atoms with Crippen molar-refractivity contribution in [2.75, 3.05) is 4.90 Å². The molecule has 0 aliphatic heterocycles. The van der Waals surface area contributed by atoms with Gasteiger partial charge in [0.1, 0.15) is 0 Å². The fourth-order valence-corrected chi connectivity index (χ4v) is 2.72. The molecule has 7 heteroatoms. The summed E-state index contributed by atoms with van der Waals surface area (Å²) in [6.07, 6.45) is -4.52. The van der Waals surface area contributed by atoms with Gasteiger partial charge in [0.05, 0.1) is 16.8 Å². The maximum Gasteiger partial charge on any atom is 0.416 e. The van der Waals surface area contributed by atoms with Gasteiger partial charge in [0.25, 0.3) is 5.91 Å². The highest BCUT2D eigenvalue weighted by Crippen LogP contribution is 2.32. The van der Waals surface area contributed by atoms with Crippen molar-refractivity contribution >= 4 is 23.3 Å². The van der Waals surface area contributed by atoms with Crippen LogP contribution in [0.2, 0.25) is 0 Å². The Morgan fingerprint density at radius 2 is 1.36 bits per heavy atom. The second-order valence-electron chi connectivity index (χ2n) is 5.87. The Labute approximate surface area is 158 Å². The minimum atomic E-state index is -4.52. The molecule has 0 fully saturated rings. The van der Waals surface area contributed by atoms with Gasteiger partial charge >= 0.3 is 12.1 Å². The maximum atomic E-state index is 13.1. The number of aromatic carboxylic acids is 1. The molecule has 0 aromatic heterocycles. The zero-order valence-electron chi connectivity index (χ0n) is 14.4. The Kier molecular flexibility index (Phi) is 5.17. The average Bonchev–Trinajstić information content (AvgIpc) is 2.68. The lowest BCUT2D eigenvalue weighted by Gasteiger charge is -2.24. The predicted octanol–water partition coefficient (Wildman–Crippen LogP) is 5.38. The molecule has 28 heavy (non-hydrogen) atoms. The first kappa shape index (κ1) is 19.2. The number of carboxylic acids is 1. The summed E-state index contributed by atoms with van der Waals surface area (Å²) < 4.78 is 38.4. The van der Waals surface area contributed by atoms with E-state index in [0.29, 0.717) is 5.69 Å². The molecule has 3 rings (SSSR count). The highest BCUT2D eigenvalue weighted by molar-refractivity contribution is 6.13. The summed E-state index contributed by atoms with van der Waals surface area (Å²) in [6.45, 7) is 0. The van der Waals surface area contributed by atoms with Crippen molar-refractivity contribution < 1.29 is 27.9 Å². The van der Waals surface area contributed by atoms with Crippen LogP contribution in [0.15, 0.2) is 78.9 Å². The first-order valence-corrected chi connectivity index (χ1v) is 8.18. The number of amides is 1. The van der Waals surface area contributed by atoms with E-state index in [2.05, 4.69) is 0 Å². The monoisotopic (exact) mass is 385 g/mol. The second-order valence-corrected chi connectivity index (χ2v) is 5.87. The van der Waals surface area contributed by atoms with E-state index in [0.717, 1.165) is 24.3 Å². The van der Waals surface area contributed by atoms with Crippen LogP contribution in [0, 0.1) is 0 Å². The lowest BCUT2D eigenvalue weighted by Crippen LogP contribution is -2.27. The standard InChI is InChI=1S/C21H14F3NO3/c22-21(23,24)15-12-10-14(11-13-15)19(26)25(16-6-2-1-3-7-16)18-9-5-4-8-17(18)20(27)28/h1-13H,(H,27,28). The fraction of sp³-hybridized carbons (Fsp3) is 0.0476. The number of carbonyl (C=O) groups is 2. The van der Waals surface area contributed by atoms with Crippen molar-refractivity contribution in [3.8, 4) is 0 Å². The maximum absolute atomic E-state index is 13.1. The Hall–Kier alpha value is -3.61. The number of alkyl halides is 3. The molecule has 0 saturated heterocycles. The molecule has 4 nitrogen and oxygen atoms in total. The number of carbonyl (C=O) groups excluding carboxylic acids is 1. The van der Waals surface area contributed by atoms with E-state index in [1.54, 1.807) is 36.4 Å². The first-order valence-electron chi connectivity index (χ1n) is 8.18. The number of nitrogens with zero attached hydrogens (tertiary/aromatic N) is 1. The van der Waals surface area contributed by atoms with Crippen molar-refractivity contribution in [1.29, 1.82) is 0 Å². The van der Waals surface area contributed by atoms with Gasteiger partial charge in [-0.15, -0.1) is 0 Å². The fourth-order valence-electron chi connectivity index (χ4n) is 2.72. The number of hydrogen-bond donors (Lipinski definition) is 1. The van der Waals surface area contributed by atoms with Crippen LogP contribution in [0.3, 0.4) is 0 Å². The topological polar surface area (TPSA) is 57.6 Å². The molecule has 0 unspecified atom stereocenters. The zero-order chi connectivity index (χ0) is 20.3. The number of para-hydroxylation sites is 2. The lowest BCUT2D eigenvalue weighted by molar-refractivity contribution is -0.137. The molecule has 142 valence electrons. The smallest absolute Gasteiger partial charge is 0.416 e. The van der Waals surface area contributed by atoms with Crippen molar-refractivity contribution in [1.82, 2.24) is 0 Å². The third-order valence-corrected chi connectivity index (χ3v) is 4.05. The van der Waals surface area contributed by atoms with Gasteiger partial charge in [0, 0.05) is 11.3 Å². The summed E-state index contributed by atoms with van der Waals surface area (Å²) in [5, 5.41) is 9.48. The molecule has 3 aromatic rings. The van der Waals surface area contributed by atoms with E-state index in [-0.39, 0.29) is 16.8 Å². The quantitative estimate of drug-likeness (QED) is 0.656. The van der Waals surface area contributed by atoms with E-state index < -0.39 is 23.6 Å². The van der Waals surface area contributed by atoms with E-state index in [9.17, 15) is 27.9 Å². The van der Waals surface area contributed by atoms with Gasteiger partial charge in [-0.1, -0.05) is 30.3 Å². The van der Waals surface area contributed by atoms with Crippen LogP contribution in [-0.4, -0.2) is 17.0 Å². The number of rotatable bonds is 4. The minimum absolute atomic E-state index is 0.00274. The van der Waals surface area contributed by atoms with Gasteiger partial charge in [-0.25, -0.2) is 4.79 Å². The normalized spacial score (nSPS) is 11.1. The number of benzene rings is 3. The molecule has 0 aliphatic rings. The molecule has 0 atom stereocenters. The minimum Gasteiger partial charge on any atom is -0.478 e. The van der Waals surface area contributed by atoms with Gasteiger partial charge in [0.2, 0.25) is 0 Å². The van der Waals surface area contributed by atoms with Crippen molar-refractivity contribution in [2.24, 2.45) is 0 Å². The molecule has 1 N–H and O–H groups in total. The average molecular weight is 385 g/mol. The van der Waals surface area contributed by atoms with E-state index >= 15 is 0 Å². The Morgan fingerprint density at radius 3 is 1.93 bits per heavy atom. The highest BCUT2D eigenvalue weighted by Gasteiger charge is 2.31.